The first-order chi connectivity index (χ1) is 11.9. The highest BCUT2D eigenvalue weighted by Gasteiger charge is 2.33. The third kappa shape index (κ3) is 4.96. The van der Waals surface area contributed by atoms with Crippen molar-refractivity contribution in [3.63, 3.8) is 0 Å². The van der Waals surface area contributed by atoms with Crippen molar-refractivity contribution < 1.29 is 24.3 Å². The molecule has 3 N–H and O–H groups in total. The van der Waals surface area contributed by atoms with Gasteiger partial charge in [-0.05, 0) is 24.3 Å². The van der Waals surface area contributed by atoms with Gasteiger partial charge in [-0.3, -0.25) is 19.2 Å². The van der Waals surface area contributed by atoms with Crippen molar-refractivity contribution in [1.82, 2.24) is 10.2 Å². The smallest absolute Gasteiger partial charge is 0.322 e. The van der Waals surface area contributed by atoms with Gasteiger partial charge in [0.2, 0.25) is 11.8 Å². The van der Waals surface area contributed by atoms with Gasteiger partial charge in [0.25, 0.3) is 5.91 Å². The maximum absolute atomic E-state index is 12.4. The molecule has 0 spiro atoms. The summed E-state index contributed by atoms with van der Waals surface area (Å²) in [6.45, 7) is 1.30. The van der Waals surface area contributed by atoms with E-state index in [9.17, 15) is 19.2 Å². The normalized spacial score (nSPS) is 16.4. The molecular formula is C16H19N3O5S. The number of rotatable bonds is 6. The molecule has 2 rings (SSSR count). The van der Waals surface area contributed by atoms with Crippen molar-refractivity contribution in [1.29, 1.82) is 0 Å². The Bertz CT molecular complexity index is 677. The second kappa shape index (κ2) is 8.52. The van der Waals surface area contributed by atoms with Gasteiger partial charge in [-0.2, -0.15) is 0 Å². The molecule has 1 saturated heterocycles. The molecule has 9 heteroatoms. The summed E-state index contributed by atoms with van der Waals surface area (Å²) in [6, 6.07) is 5.59. The molecule has 134 valence electrons. The van der Waals surface area contributed by atoms with E-state index in [2.05, 4.69) is 10.6 Å². The number of nitrogens with zero attached hydrogens (tertiary/aromatic N) is 1. The van der Waals surface area contributed by atoms with E-state index < -0.39 is 24.5 Å². The Balaban J connectivity index is 1.96. The van der Waals surface area contributed by atoms with Crippen molar-refractivity contribution in [3.05, 3.63) is 29.8 Å². The van der Waals surface area contributed by atoms with Crippen molar-refractivity contribution in [3.8, 4) is 0 Å². The first kappa shape index (κ1) is 18.8. The zero-order chi connectivity index (χ0) is 18.4. The minimum absolute atomic E-state index is 0.0596. The molecule has 1 aromatic rings. The van der Waals surface area contributed by atoms with Gasteiger partial charge in [0.1, 0.15) is 12.6 Å². The van der Waals surface area contributed by atoms with Crippen LogP contribution in [0, 0.1) is 0 Å². The molecule has 1 aliphatic rings. The molecule has 1 atom stereocenters. The lowest BCUT2D eigenvalue weighted by atomic mass is 10.2. The minimum Gasteiger partial charge on any atom is -0.480 e. The van der Waals surface area contributed by atoms with Crippen LogP contribution in [0.25, 0.3) is 0 Å². The number of hydrogen-bond donors (Lipinski definition) is 3. The van der Waals surface area contributed by atoms with E-state index in [4.69, 9.17) is 5.11 Å². The average Bonchev–Trinajstić information content (AvgIpc) is 3.09. The number of thioether (sulfide) groups is 1. The number of hydrogen-bond acceptors (Lipinski definition) is 5. The summed E-state index contributed by atoms with van der Waals surface area (Å²) in [6.07, 6.45) is 0.352. The molecule has 8 nitrogen and oxygen atoms in total. The number of carboxylic acids is 1. The summed E-state index contributed by atoms with van der Waals surface area (Å²) in [4.78, 5) is 48.0. The van der Waals surface area contributed by atoms with E-state index in [1.54, 1.807) is 24.0 Å². The highest BCUT2D eigenvalue weighted by Crippen LogP contribution is 2.23. The van der Waals surface area contributed by atoms with E-state index >= 15 is 0 Å². The largest absolute Gasteiger partial charge is 0.480 e. The summed E-state index contributed by atoms with van der Waals surface area (Å²) in [5.74, 6) is -0.906. The van der Waals surface area contributed by atoms with Crippen LogP contribution in [-0.4, -0.2) is 57.9 Å². The van der Waals surface area contributed by atoms with E-state index in [0.29, 0.717) is 29.3 Å². The van der Waals surface area contributed by atoms with E-state index in [1.165, 1.54) is 23.9 Å². The first-order valence-electron chi connectivity index (χ1n) is 7.70. The van der Waals surface area contributed by atoms with Crippen LogP contribution in [0.5, 0.6) is 0 Å². The number of anilines is 1. The highest BCUT2D eigenvalue weighted by molar-refractivity contribution is 7.99. The van der Waals surface area contributed by atoms with Crippen LogP contribution < -0.4 is 10.6 Å². The summed E-state index contributed by atoms with van der Waals surface area (Å²) >= 11 is 1.53. The van der Waals surface area contributed by atoms with E-state index in [-0.39, 0.29) is 11.8 Å². The van der Waals surface area contributed by atoms with Crippen LogP contribution in [0.1, 0.15) is 23.7 Å². The molecule has 1 unspecified atom stereocenters. The second-order valence-corrected chi connectivity index (χ2v) is 6.38. The van der Waals surface area contributed by atoms with Gasteiger partial charge in [0.05, 0.1) is 5.88 Å². The highest BCUT2D eigenvalue weighted by atomic mass is 32.2. The Morgan fingerprint density at radius 3 is 2.52 bits per heavy atom. The van der Waals surface area contributed by atoms with Crippen molar-refractivity contribution in [2.75, 3.05) is 23.5 Å². The quantitative estimate of drug-likeness (QED) is 0.685. The molecule has 0 radical (unpaired) electrons. The van der Waals surface area contributed by atoms with Gasteiger partial charge in [-0.15, -0.1) is 11.8 Å². The van der Waals surface area contributed by atoms with Crippen LogP contribution >= 0.6 is 11.8 Å². The molecule has 0 aromatic heterocycles. The molecule has 1 heterocycles. The topological polar surface area (TPSA) is 116 Å². The maximum Gasteiger partial charge on any atom is 0.322 e. The zero-order valence-electron chi connectivity index (χ0n) is 13.7. The van der Waals surface area contributed by atoms with Gasteiger partial charge >= 0.3 is 5.97 Å². The van der Waals surface area contributed by atoms with Crippen molar-refractivity contribution >= 4 is 41.1 Å². The number of carbonyl (C=O) groups excluding carboxylic acids is 3. The van der Waals surface area contributed by atoms with Gasteiger partial charge in [-0.25, -0.2) is 0 Å². The number of aliphatic carboxylic acids is 1. The second-order valence-electron chi connectivity index (χ2n) is 5.38. The molecule has 0 aliphatic carbocycles. The molecule has 0 saturated carbocycles. The lowest BCUT2D eigenvalue weighted by Gasteiger charge is -2.22. The van der Waals surface area contributed by atoms with Crippen molar-refractivity contribution in [2.45, 2.75) is 19.4 Å². The van der Waals surface area contributed by atoms with Gasteiger partial charge < -0.3 is 20.6 Å². The lowest BCUT2D eigenvalue weighted by molar-refractivity contribution is -0.136. The Morgan fingerprint density at radius 2 is 1.92 bits per heavy atom. The Labute approximate surface area is 148 Å². The third-order valence-corrected chi connectivity index (χ3v) is 4.63. The Morgan fingerprint density at radius 1 is 1.24 bits per heavy atom. The van der Waals surface area contributed by atoms with Crippen LogP contribution in [0.2, 0.25) is 0 Å². The zero-order valence-corrected chi connectivity index (χ0v) is 14.5. The lowest BCUT2D eigenvalue weighted by Crippen LogP contribution is -2.44. The van der Waals surface area contributed by atoms with Crippen LogP contribution in [0.15, 0.2) is 24.3 Å². The number of carbonyl (C=O) groups is 4. The van der Waals surface area contributed by atoms with Crippen molar-refractivity contribution in [2.24, 2.45) is 0 Å². The van der Waals surface area contributed by atoms with Crippen LogP contribution in [-0.2, 0) is 14.4 Å². The van der Waals surface area contributed by atoms with Gasteiger partial charge in [0, 0.05) is 23.4 Å². The summed E-state index contributed by atoms with van der Waals surface area (Å²) in [7, 11) is 0. The van der Waals surface area contributed by atoms with Gasteiger partial charge in [-0.1, -0.05) is 6.92 Å². The average molecular weight is 365 g/mol. The minimum atomic E-state index is -1.13. The van der Waals surface area contributed by atoms with Gasteiger partial charge in [0.15, 0.2) is 0 Å². The maximum atomic E-state index is 12.4. The molecular weight excluding hydrogens is 346 g/mol. The Kier molecular flexibility index (Phi) is 6.40. The monoisotopic (exact) mass is 365 g/mol. The molecule has 3 amide bonds. The fourth-order valence-electron chi connectivity index (χ4n) is 2.30. The SMILES string of the molecule is CCC(=O)N1CSCC1C(=O)Nc1ccc(C(=O)NCC(=O)O)cc1. The summed E-state index contributed by atoms with van der Waals surface area (Å²) < 4.78 is 0. The number of carboxylic acid groups (broad SMARTS) is 1. The summed E-state index contributed by atoms with van der Waals surface area (Å²) in [5, 5.41) is 13.5. The first-order valence-corrected chi connectivity index (χ1v) is 8.86. The molecule has 0 bridgehead atoms. The molecule has 1 aromatic carbocycles. The predicted octanol–water partition coefficient (Wildman–Crippen LogP) is 0.751. The number of amides is 3. The van der Waals surface area contributed by atoms with E-state index in [1.807, 2.05) is 0 Å². The van der Waals surface area contributed by atoms with Crippen LogP contribution in [0.3, 0.4) is 0 Å². The van der Waals surface area contributed by atoms with Crippen LogP contribution in [0.4, 0.5) is 5.69 Å². The standard InChI is InChI=1S/C16H19N3O5S/c1-2-13(20)19-9-25-8-12(19)16(24)18-11-5-3-10(4-6-11)15(23)17-7-14(21)22/h3-6,12H,2,7-9H2,1H3,(H,17,23)(H,18,24)(H,21,22). The molecule has 25 heavy (non-hydrogen) atoms. The number of benzene rings is 1. The fourth-order valence-corrected chi connectivity index (χ4v) is 3.48. The molecule has 1 aliphatic heterocycles. The predicted molar refractivity (Wildman–Crippen MR) is 93.3 cm³/mol. The fraction of sp³-hybridized carbons (Fsp3) is 0.375. The molecule has 1 fully saturated rings. The summed E-state index contributed by atoms with van der Waals surface area (Å²) in [5.41, 5.74) is 0.791. The Hall–Kier alpha value is -2.55. The van der Waals surface area contributed by atoms with E-state index in [0.717, 1.165) is 0 Å². The number of nitrogens with one attached hydrogen (secondary N) is 2. The third-order valence-electron chi connectivity index (χ3n) is 3.62.